The molecular weight excluding hydrogens is 250 g/mol. The van der Waals surface area contributed by atoms with Gasteiger partial charge in [0.15, 0.2) is 0 Å². The van der Waals surface area contributed by atoms with Crippen molar-refractivity contribution in [3.63, 3.8) is 0 Å². The Morgan fingerprint density at radius 2 is 2.00 bits per heavy atom. The molecule has 1 aliphatic rings. The van der Waals surface area contributed by atoms with Crippen LogP contribution < -0.4 is 0 Å². The predicted octanol–water partition coefficient (Wildman–Crippen LogP) is 3.00. The molecule has 0 radical (unpaired) electrons. The smallest absolute Gasteiger partial charge is 0.223 e. The molecule has 1 saturated heterocycles. The van der Waals surface area contributed by atoms with E-state index in [4.69, 9.17) is 5.11 Å². The normalized spacial score (nSPS) is 22.1. The van der Waals surface area contributed by atoms with Crippen LogP contribution in [-0.2, 0) is 4.79 Å². The van der Waals surface area contributed by atoms with Crippen LogP contribution >= 0.6 is 0 Å². The molecule has 1 amide bonds. The van der Waals surface area contributed by atoms with Crippen LogP contribution in [0.2, 0.25) is 0 Å². The summed E-state index contributed by atoms with van der Waals surface area (Å²) in [5.74, 6) is 1.20. The van der Waals surface area contributed by atoms with Crippen molar-refractivity contribution in [2.24, 2.45) is 11.8 Å². The van der Waals surface area contributed by atoms with Crippen molar-refractivity contribution in [2.45, 2.75) is 39.2 Å². The lowest BCUT2D eigenvalue weighted by Crippen LogP contribution is -2.28. The minimum atomic E-state index is 0.154. The molecular formula is C17H25NO2. The molecule has 1 heterocycles. The second-order valence-electron chi connectivity index (χ2n) is 6.06. The highest BCUT2D eigenvalue weighted by Gasteiger charge is 2.33. The van der Waals surface area contributed by atoms with Gasteiger partial charge in [0.2, 0.25) is 5.91 Å². The standard InChI is InChI=1S/C17H25NO2/c1-13(8-9-19)10-15-11-17(20)18(12-15)14(2)16-6-4-3-5-7-16/h3-7,13-15,19H,8-12H2,1-2H3/t13?,14?,15-/m0/s1. The zero-order chi connectivity index (χ0) is 14.5. The number of likely N-dealkylation sites (tertiary alicyclic amines) is 1. The van der Waals surface area contributed by atoms with E-state index in [9.17, 15) is 4.79 Å². The van der Waals surface area contributed by atoms with Gasteiger partial charge in [-0.2, -0.15) is 0 Å². The van der Waals surface area contributed by atoms with Crippen LogP contribution in [0.25, 0.3) is 0 Å². The number of aliphatic hydroxyl groups is 1. The second kappa shape index (κ2) is 6.89. The molecule has 1 aliphatic heterocycles. The van der Waals surface area contributed by atoms with E-state index in [0.29, 0.717) is 18.3 Å². The van der Waals surface area contributed by atoms with Crippen LogP contribution in [0.15, 0.2) is 30.3 Å². The Morgan fingerprint density at radius 3 is 2.65 bits per heavy atom. The highest BCUT2D eigenvalue weighted by atomic mass is 16.3. The number of rotatable bonds is 6. The number of amides is 1. The van der Waals surface area contributed by atoms with Gasteiger partial charge in [-0.15, -0.1) is 0 Å². The lowest BCUT2D eigenvalue weighted by atomic mass is 9.93. The third-order valence-corrected chi connectivity index (χ3v) is 4.35. The molecule has 0 spiro atoms. The summed E-state index contributed by atoms with van der Waals surface area (Å²) < 4.78 is 0. The average Bonchev–Trinajstić information content (AvgIpc) is 2.80. The summed E-state index contributed by atoms with van der Waals surface area (Å²) in [7, 11) is 0. The number of hydrogen-bond acceptors (Lipinski definition) is 2. The number of carbonyl (C=O) groups is 1. The summed E-state index contributed by atoms with van der Waals surface area (Å²) in [6, 6.07) is 10.4. The van der Waals surface area contributed by atoms with Crippen molar-refractivity contribution < 1.29 is 9.90 Å². The Morgan fingerprint density at radius 1 is 1.30 bits per heavy atom. The van der Waals surface area contributed by atoms with E-state index in [1.807, 2.05) is 23.1 Å². The molecule has 1 aromatic rings. The predicted molar refractivity (Wildman–Crippen MR) is 80.2 cm³/mol. The molecule has 0 aliphatic carbocycles. The first-order chi connectivity index (χ1) is 9.61. The third-order valence-electron chi connectivity index (χ3n) is 4.35. The number of carbonyl (C=O) groups excluding carboxylic acids is 1. The summed E-state index contributed by atoms with van der Waals surface area (Å²) >= 11 is 0. The van der Waals surface area contributed by atoms with E-state index >= 15 is 0 Å². The summed E-state index contributed by atoms with van der Waals surface area (Å²) in [4.78, 5) is 14.2. The van der Waals surface area contributed by atoms with Crippen molar-refractivity contribution in [2.75, 3.05) is 13.2 Å². The van der Waals surface area contributed by atoms with E-state index in [-0.39, 0.29) is 18.6 Å². The largest absolute Gasteiger partial charge is 0.396 e. The Bertz CT molecular complexity index is 432. The molecule has 1 N–H and O–H groups in total. The summed E-state index contributed by atoms with van der Waals surface area (Å²) in [5, 5.41) is 8.97. The average molecular weight is 275 g/mol. The molecule has 3 atom stereocenters. The molecule has 1 aromatic carbocycles. The number of aliphatic hydroxyl groups excluding tert-OH is 1. The molecule has 1 fully saturated rings. The Hall–Kier alpha value is -1.35. The highest BCUT2D eigenvalue weighted by Crippen LogP contribution is 2.31. The summed E-state index contributed by atoms with van der Waals surface area (Å²) in [6.45, 7) is 5.35. The van der Waals surface area contributed by atoms with Gasteiger partial charge in [0.25, 0.3) is 0 Å². The molecule has 0 bridgehead atoms. The second-order valence-corrected chi connectivity index (χ2v) is 6.06. The number of hydrogen-bond donors (Lipinski definition) is 1. The maximum Gasteiger partial charge on any atom is 0.223 e. The van der Waals surface area contributed by atoms with Crippen molar-refractivity contribution in [3.05, 3.63) is 35.9 Å². The first-order valence-corrected chi connectivity index (χ1v) is 7.57. The van der Waals surface area contributed by atoms with E-state index in [1.165, 1.54) is 5.56 Å². The van der Waals surface area contributed by atoms with Crippen molar-refractivity contribution in [3.8, 4) is 0 Å². The van der Waals surface area contributed by atoms with Crippen LogP contribution in [0.1, 0.15) is 44.7 Å². The Balaban J connectivity index is 1.95. The maximum absolute atomic E-state index is 12.2. The molecule has 2 rings (SSSR count). The van der Waals surface area contributed by atoms with Gasteiger partial charge in [0.1, 0.15) is 0 Å². The minimum Gasteiger partial charge on any atom is -0.396 e. The molecule has 20 heavy (non-hydrogen) atoms. The van der Waals surface area contributed by atoms with Crippen LogP contribution in [0.4, 0.5) is 0 Å². The van der Waals surface area contributed by atoms with Gasteiger partial charge < -0.3 is 10.0 Å². The first-order valence-electron chi connectivity index (χ1n) is 7.57. The minimum absolute atomic E-state index is 0.154. The van der Waals surface area contributed by atoms with Crippen LogP contribution in [0, 0.1) is 11.8 Å². The fraction of sp³-hybridized carbons (Fsp3) is 0.588. The van der Waals surface area contributed by atoms with Crippen molar-refractivity contribution in [1.29, 1.82) is 0 Å². The third kappa shape index (κ3) is 3.60. The number of benzene rings is 1. The topological polar surface area (TPSA) is 40.5 Å². The van der Waals surface area contributed by atoms with Crippen LogP contribution in [0.3, 0.4) is 0 Å². The van der Waals surface area contributed by atoms with Crippen molar-refractivity contribution >= 4 is 5.91 Å². The lowest BCUT2D eigenvalue weighted by molar-refractivity contribution is -0.129. The van der Waals surface area contributed by atoms with Crippen LogP contribution in [-0.4, -0.2) is 29.1 Å². The van der Waals surface area contributed by atoms with Crippen molar-refractivity contribution in [1.82, 2.24) is 4.90 Å². The van der Waals surface area contributed by atoms with E-state index < -0.39 is 0 Å². The molecule has 3 nitrogen and oxygen atoms in total. The molecule has 2 unspecified atom stereocenters. The fourth-order valence-electron chi connectivity index (χ4n) is 3.16. The SMILES string of the molecule is CC(CCO)C[C@H]1CC(=O)N(C(C)c2ccccc2)C1. The van der Waals surface area contributed by atoms with Gasteiger partial charge in [0, 0.05) is 19.6 Å². The lowest BCUT2D eigenvalue weighted by Gasteiger charge is -2.25. The van der Waals surface area contributed by atoms with Crippen LogP contribution in [0.5, 0.6) is 0 Å². The van der Waals surface area contributed by atoms with Gasteiger partial charge >= 0.3 is 0 Å². The molecule has 0 aromatic heterocycles. The van der Waals surface area contributed by atoms with E-state index in [2.05, 4.69) is 26.0 Å². The quantitative estimate of drug-likeness (QED) is 0.867. The van der Waals surface area contributed by atoms with Gasteiger partial charge in [0.05, 0.1) is 6.04 Å². The monoisotopic (exact) mass is 275 g/mol. The first kappa shape index (κ1) is 15.0. The van der Waals surface area contributed by atoms with E-state index in [1.54, 1.807) is 0 Å². The number of nitrogens with zero attached hydrogens (tertiary/aromatic N) is 1. The van der Waals surface area contributed by atoms with Gasteiger partial charge in [-0.25, -0.2) is 0 Å². The zero-order valence-electron chi connectivity index (χ0n) is 12.5. The summed E-state index contributed by atoms with van der Waals surface area (Å²) in [6.07, 6.45) is 2.52. The zero-order valence-corrected chi connectivity index (χ0v) is 12.5. The van der Waals surface area contributed by atoms with Gasteiger partial charge in [-0.05, 0) is 37.2 Å². The summed E-state index contributed by atoms with van der Waals surface area (Å²) in [5.41, 5.74) is 1.20. The Kier molecular flexibility index (Phi) is 5.18. The van der Waals surface area contributed by atoms with E-state index in [0.717, 1.165) is 19.4 Å². The fourth-order valence-corrected chi connectivity index (χ4v) is 3.16. The molecule has 110 valence electrons. The molecule has 0 saturated carbocycles. The molecule has 3 heteroatoms. The van der Waals surface area contributed by atoms with Gasteiger partial charge in [-0.3, -0.25) is 4.79 Å². The maximum atomic E-state index is 12.2. The highest BCUT2D eigenvalue weighted by molar-refractivity contribution is 5.79. The Labute approximate surface area is 121 Å². The van der Waals surface area contributed by atoms with Gasteiger partial charge in [-0.1, -0.05) is 37.3 Å².